The van der Waals surface area contributed by atoms with Crippen molar-refractivity contribution in [3.63, 3.8) is 0 Å². The first-order chi connectivity index (χ1) is 9.04. The smallest absolute Gasteiger partial charge is 0.239 e. The van der Waals surface area contributed by atoms with E-state index in [4.69, 9.17) is 5.73 Å². The molecule has 1 atom stereocenters. The molecule has 1 unspecified atom stereocenters. The summed E-state index contributed by atoms with van der Waals surface area (Å²) in [5.41, 5.74) is 6.82. The maximum atomic E-state index is 12.8. The van der Waals surface area contributed by atoms with Crippen LogP contribution in [0.15, 0.2) is 36.7 Å². The summed E-state index contributed by atoms with van der Waals surface area (Å²) in [6, 6.07) is 6.29. The van der Waals surface area contributed by atoms with Gasteiger partial charge in [0.2, 0.25) is 5.91 Å². The second-order valence-corrected chi connectivity index (χ2v) is 4.31. The fraction of sp³-hybridized carbons (Fsp3) is 0.231. The van der Waals surface area contributed by atoms with Gasteiger partial charge in [-0.05, 0) is 24.6 Å². The summed E-state index contributed by atoms with van der Waals surface area (Å²) >= 11 is 0. The van der Waals surface area contributed by atoms with E-state index in [9.17, 15) is 9.18 Å². The summed E-state index contributed by atoms with van der Waals surface area (Å²) in [7, 11) is 0. The third-order valence-electron chi connectivity index (χ3n) is 2.70. The molecule has 3 N–H and O–H groups in total. The molecular weight excluding hydrogens is 247 g/mol. The van der Waals surface area contributed by atoms with Crippen molar-refractivity contribution in [2.45, 2.75) is 19.5 Å². The highest BCUT2D eigenvalue weighted by Crippen LogP contribution is 2.18. The van der Waals surface area contributed by atoms with Gasteiger partial charge in [0.25, 0.3) is 0 Å². The van der Waals surface area contributed by atoms with E-state index in [1.807, 2.05) is 6.92 Å². The number of anilines is 1. The number of hydrogen-bond acceptors (Lipinski definition) is 3. The number of aromatic nitrogens is 2. The molecule has 2 rings (SSSR count). The molecule has 0 fully saturated rings. The lowest BCUT2D eigenvalue weighted by Crippen LogP contribution is -2.18. The molecule has 5 nitrogen and oxygen atoms in total. The van der Waals surface area contributed by atoms with Gasteiger partial charge in [-0.15, -0.1) is 0 Å². The van der Waals surface area contributed by atoms with Crippen molar-refractivity contribution in [2.75, 3.05) is 5.32 Å². The van der Waals surface area contributed by atoms with Crippen molar-refractivity contribution in [1.29, 1.82) is 0 Å². The molecule has 0 aliphatic rings. The van der Waals surface area contributed by atoms with Crippen molar-refractivity contribution in [3.8, 4) is 0 Å². The van der Waals surface area contributed by atoms with Gasteiger partial charge >= 0.3 is 0 Å². The number of nitrogens with zero attached hydrogens (tertiary/aromatic N) is 2. The van der Waals surface area contributed by atoms with Crippen LogP contribution >= 0.6 is 0 Å². The Morgan fingerprint density at radius 1 is 1.47 bits per heavy atom. The molecule has 0 aliphatic heterocycles. The zero-order valence-corrected chi connectivity index (χ0v) is 10.5. The number of nitrogens with two attached hydrogens (primary N) is 1. The summed E-state index contributed by atoms with van der Waals surface area (Å²) in [5.74, 6) is -0.702. The number of benzene rings is 1. The number of amides is 1. The van der Waals surface area contributed by atoms with Gasteiger partial charge in [0.05, 0.1) is 11.9 Å². The lowest BCUT2D eigenvalue weighted by Gasteiger charge is -2.13. The number of rotatable bonds is 5. The van der Waals surface area contributed by atoms with Crippen LogP contribution in [0.1, 0.15) is 18.5 Å². The molecule has 0 aliphatic carbocycles. The van der Waals surface area contributed by atoms with Crippen molar-refractivity contribution in [2.24, 2.45) is 5.73 Å². The van der Waals surface area contributed by atoms with Crippen LogP contribution in [0.2, 0.25) is 0 Å². The third-order valence-corrected chi connectivity index (χ3v) is 2.70. The first-order valence-electron chi connectivity index (χ1n) is 5.87. The van der Waals surface area contributed by atoms with E-state index in [1.165, 1.54) is 16.8 Å². The van der Waals surface area contributed by atoms with Crippen LogP contribution in [0.4, 0.5) is 10.1 Å². The van der Waals surface area contributed by atoms with Crippen LogP contribution in [0.3, 0.4) is 0 Å². The van der Waals surface area contributed by atoms with Crippen LogP contribution in [0.5, 0.6) is 0 Å². The maximum absolute atomic E-state index is 12.8. The second-order valence-electron chi connectivity index (χ2n) is 4.31. The number of carbonyl (C=O) groups is 1. The molecule has 0 bridgehead atoms. The molecule has 19 heavy (non-hydrogen) atoms. The van der Waals surface area contributed by atoms with Gasteiger partial charge in [-0.1, -0.05) is 12.1 Å². The van der Waals surface area contributed by atoms with Gasteiger partial charge in [-0.2, -0.15) is 5.10 Å². The first kappa shape index (κ1) is 13.1. The van der Waals surface area contributed by atoms with E-state index in [2.05, 4.69) is 10.4 Å². The summed E-state index contributed by atoms with van der Waals surface area (Å²) in [4.78, 5) is 10.8. The van der Waals surface area contributed by atoms with Gasteiger partial charge in [0.15, 0.2) is 0 Å². The highest BCUT2D eigenvalue weighted by molar-refractivity contribution is 5.73. The lowest BCUT2D eigenvalue weighted by atomic mass is 10.1. The Hall–Kier alpha value is -2.37. The largest absolute Gasteiger partial charge is 0.376 e. The van der Waals surface area contributed by atoms with Gasteiger partial charge in [0.1, 0.15) is 12.4 Å². The van der Waals surface area contributed by atoms with Crippen LogP contribution < -0.4 is 11.1 Å². The molecule has 0 saturated heterocycles. The lowest BCUT2D eigenvalue weighted by molar-refractivity contribution is -0.118. The van der Waals surface area contributed by atoms with Crippen LogP contribution in [0.25, 0.3) is 0 Å². The molecule has 1 aromatic heterocycles. The Kier molecular flexibility index (Phi) is 3.79. The quantitative estimate of drug-likeness (QED) is 0.861. The monoisotopic (exact) mass is 262 g/mol. The summed E-state index contributed by atoms with van der Waals surface area (Å²) in [6.07, 6.45) is 3.31. The van der Waals surface area contributed by atoms with Crippen LogP contribution in [-0.4, -0.2) is 15.7 Å². The number of nitrogens with one attached hydrogen (secondary N) is 1. The fourth-order valence-electron chi connectivity index (χ4n) is 1.77. The molecule has 100 valence electrons. The molecule has 2 aromatic rings. The van der Waals surface area contributed by atoms with Gasteiger partial charge < -0.3 is 11.1 Å². The highest BCUT2D eigenvalue weighted by atomic mass is 19.1. The molecule has 0 saturated carbocycles. The van der Waals surface area contributed by atoms with E-state index in [1.54, 1.807) is 24.5 Å². The van der Waals surface area contributed by atoms with E-state index in [0.717, 1.165) is 11.3 Å². The SMILES string of the molecule is CC(Nc1cnn(CC(N)=O)c1)c1ccc(F)cc1. The van der Waals surface area contributed by atoms with Crippen molar-refractivity contribution < 1.29 is 9.18 Å². The standard InChI is InChI=1S/C13H15FN4O/c1-9(10-2-4-11(14)5-3-10)17-12-6-16-18(7-12)8-13(15)19/h2-7,9,17H,8H2,1H3,(H2,15,19). The van der Waals surface area contributed by atoms with Gasteiger partial charge in [-0.3, -0.25) is 9.48 Å². The summed E-state index contributed by atoms with van der Waals surface area (Å²) in [5, 5.41) is 7.22. The third kappa shape index (κ3) is 3.54. The second kappa shape index (κ2) is 5.51. The zero-order chi connectivity index (χ0) is 13.8. The first-order valence-corrected chi connectivity index (χ1v) is 5.87. The van der Waals surface area contributed by atoms with Crippen molar-refractivity contribution >= 4 is 11.6 Å². The molecule has 0 spiro atoms. The predicted molar refractivity (Wildman–Crippen MR) is 69.9 cm³/mol. The fourth-order valence-corrected chi connectivity index (χ4v) is 1.77. The molecule has 1 amide bonds. The van der Waals surface area contributed by atoms with Crippen molar-refractivity contribution in [1.82, 2.24) is 9.78 Å². The number of carbonyl (C=O) groups excluding carboxylic acids is 1. The van der Waals surface area contributed by atoms with Crippen LogP contribution in [0, 0.1) is 5.82 Å². The Balaban J connectivity index is 2.02. The molecule has 1 heterocycles. The van der Waals surface area contributed by atoms with E-state index < -0.39 is 5.91 Å². The minimum atomic E-state index is -0.443. The molecule has 0 radical (unpaired) electrons. The molecule has 1 aromatic carbocycles. The minimum absolute atomic E-state index is 0.00632. The normalized spacial score (nSPS) is 12.1. The van der Waals surface area contributed by atoms with Gasteiger partial charge in [-0.25, -0.2) is 4.39 Å². The Bertz CT molecular complexity index is 564. The van der Waals surface area contributed by atoms with Gasteiger partial charge in [0, 0.05) is 12.2 Å². The highest BCUT2D eigenvalue weighted by Gasteiger charge is 2.07. The summed E-state index contributed by atoms with van der Waals surface area (Å²) < 4.78 is 14.3. The average molecular weight is 262 g/mol. The predicted octanol–water partition coefficient (Wildman–Crippen LogP) is 1.68. The summed E-state index contributed by atoms with van der Waals surface area (Å²) in [6.45, 7) is 2.01. The number of halogens is 1. The zero-order valence-electron chi connectivity index (χ0n) is 10.5. The minimum Gasteiger partial charge on any atom is -0.376 e. The molecular formula is C13H15FN4O. The average Bonchev–Trinajstić information content (AvgIpc) is 2.76. The number of primary amides is 1. The van der Waals surface area contributed by atoms with E-state index >= 15 is 0 Å². The Morgan fingerprint density at radius 3 is 2.79 bits per heavy atom. The maximum Gasteiger partial charge on any atom is 0.239 e. The van der Waals surface area contributed by atoms with Crippen molar-refractivity contribution in [3.05, 3.63) is 48.0 Å². The topological polar surface area (TPSA) is 72.9 Å². The van der Waals surface area contributed by atoms with Crippen LogP contribution in [-0.2, 0) is 11.3 Å². The van der Waals surface area contributed by atoms with E-state index in [0.29, 0.717) is 0 Å². The van der Waals surface area contributed by atoms with E-state index in [-0.39, 0.29) is 18.4 Å². The molecule has 6 heteroatoms. The Morgan fingerprint density at radius 2 is 2.16 bits per heavy atom. The number of hydrogen-bond donors (Lipinski definition) is 2. The Labute approximate surface area is 110 Å².